The fourth-order valence-corrected chi connectivity index (χ4v) is 10.4. The lowest BCUT2D eigenvalue weighted by molar-refractivity contribution is 0.102. The first-order valence-electron chi connectivity index (χ1n) is 34.2. The number of nitrogens with two attached hydrogens (primary N) is 1. The van der Waals surface area contributed by atoms with E-state index in [9.17, 15) is 4.79 Å². The van der Waals surface area contributed by atoms with Crippen molar-refractivity contribution in [1.82, 2.24) is 140 Å². The molecule has 0 fully saturated rings. The van der Waals surface area contributed by atoms with Crippen molar-refractivity contribution in [3.63, 3.8) is 0 Å². The zero-order chi connectivity index (χ0) is 76.4. The van der Waals surface area contributed by atoms with Crippen molar-refractivity contribution in [1.29, 1.82) is 0 Å². The Morgan fingerprint density at radius 3 is 1.23 bits per heavy atom. The summed E-state index contributed by atoms with van der Waals surface area (Å²) < 4.78 is 17.1. The smallest absolute Gasteiger partial charge is 0.256 e. The number of benzene rings is 5. The summed E-state index contributed by atoms with van der Waals surface area (Å²) in [6.07, 6.45) is 22.2. The van der Waals surface area contributed by atoms with E-state index in [-0.39, 0.29) is 5.91 Å². The van der Waals surface area contributed by atoms with Gasteiger partial charge in [0.05, 0.1) is 44.3 Å². The van der Waals surface area contributed by atoms with Crippen LogP contribution in [0.3, 0.4) is 0 Å². The molecule has 0 radical (unpaired) electrons. The van der Waals surface area contributed by atoms with E-state index in [0.717, 1.165) is 68.9 Å². The van der Waals surface area contributed by atoms with Crippen LogP contribution < -0.4 is 35.5 Å². The van der Waals surface area contributed by atoms with E-state index in [2.05, 4.69) is 213 Å². The first-order chi connectivity index (χ1) is 54.6. The van der Waals surface area contributed by atoms with Gasteiger partial charge in [-0.05, 0) is 53.3 Å². The highest BCUT2D eigenvalue weighted by Gasteiger charge is 2.14. The van der Waals surface area contributed by atoms with Crippen LogP contribution in [0.15, 0.2) is 228 Å². The number of amides is 1. The summed E-state index contributed by atoms with van der Waals surface area (Å²) in [5.41, 5.74) is 22.7. The molecule has 0 aliphatic rings. The molecule has 0 unspecified atom stereocenters. The molecule has 14 aromatic heterocycles. The number of aryl methyl sites for hydroxylation is 2. The molecule has 0 bridgehead atoms. The second kappa shape index (κ2) is 36.8. The van der Waals surface area contributed by atoms with Gasteiger partial charge in [0.25, 0.3) is 5.91 Å². The molecule has 0 aliphatic carbocycles. The van der Waals surface area contributed by atoms with Gasteiger partial charge in [0, 0.05) is 26.2 Å². The van der Waals surface area contributed by atoms with E-state index in [1.54, 1.807) is 55.9 Å². The molecule has 554 valence electrons. The third-order valence-electron chi connectivity index (χ3n) is 15.9. The quantitative estimate of drug-likeness (QED) is 0.0429. The number of nitrogens with zero attached hydrogens (tertiary/aromatic N) is 22. The van der Waals surface area contributed by atoms with Crippen LogP contribution in [0.2, 0.25) is 0 Å². The monoisotopic (exact) mass is 1480 g/mol. The van der Waals surface area contributed by atoms with Gasteiger partial charge in [0.15, 0.2) is 62.8 Å². The first-order valence-corrected chi connectivity index (χ1v) is 34.2. The van der Waals surface area contributed by atoms with E-state index in [4.69, 9.17) is 19.9 Å². The zero-order valence-electron chi connectivity index (χ0n) is 59.9. The van der Waals surface area contributed by atoms with Gasteiger partial charge in [-0.2, -0.15) is 15.0 Å². The number of carbonyl (C=O) groups excluding carboxylic acids is 1. The van der Waals surface area contributed by atoms with E-state index < -0.39 is 0 Å². The van der Waals surface area contributed by atoms with E-state index in [1.165, 1.54) is 73.6 Å². The molecule has 0 saturated heterocycles. The van der Waals surface area contributed by atoms with Crippen molar-refractivity contribution in [2.24, 2.45) is 0 Å². The van der Waals surface area contributed by atoms with Crippen molar-refractivity contribution in [3.8, 4) is 17.6 Å². The number of aromatic nitrogens is 28. The van der Waals surface area contributed by atoms with Crippen LogP contribution in [-0.4, -0.2) is 160 Å². The summed E-state index contributed by atoms with van der Waals surface area (Å²) in [4.78, 5) is 119. The van der Waals surface area contributed by atoms with E-state index in [0.29, 0.717) is 105 Å². The highest BCUT2D eigenvalue weighted by atomic mass is 16.5. The minimum absolute atomic E-state index is 0.217. The number of imidazole rings is 7. The van der Waals surface area contributed by atoms with Crippen molar-refractivity contribution in [2.45, 2.75) is 46.6 Å². The Morgan fingerprint density at radius 2 is 0.739 bits per heavy atom. The Balaban J connectivity index is 0.000000114. The minimum atomic E-state index is -0.217. The average molecular weight is 1480 g/mol. The molecule has 0 spiro atoms. The Kier molecular flexibility index (Phi) is 24.4. The summed E-state index contributed by atoms with van der Waals surface area (Å²) in [5.74, 6) is 3.85. The number of nitrogens with one attached hydrogen (secondary N) is 9. The molecular weight excluding hydrogens is 1410 g/mol. The summed E-state index contributed by atoms with van der Waals surface area (Å²) in [7, 11) is 3.87. The highest BCUT2D eigenvalue weighted by Crippen LogP contribution is 2.24. The molecule has 0 atom stereocenters. The fraction of sp³-hybridized carbons (Fsp3) is 0.120. The largest absolute Gasteiger partial charge is 0.471 e. The normalized spacial score (nSPS) is 10.6. The van der Waals surface area contributed by atoms with Crippen LogP contribution >= 0.6 is 0 Å². The Bertz CT molecular complexity index is 5980. The molecular formula is C75H70N32O4. The van der Waals surface area contributed by atoms with Crippen LogP contribution in [0, 0.1) is 6.92 Å². The Hall–Kier alpha value is -15.8. The molecule has 11 N–H and O–H groups in total. The summed E-state index contributed by atoms with van der Waals surface area (Å²) >= 11 is 0. The van der Waals surface area contributed by atoms with Crippen LogP contribution in [0.1, 0.15) is 50.7 Å². The van der Waals surface area contributed by atoms with Crippen molar-refractivity contribution in [3.05, 3.63) is 267 Å². The summed E-state index contributed by atoms with van der Waals surface area (Å²) in [6, 6.07) is 45.6. The molecule has 14 heterocycles. The second-order valence-electron chi connectivity index (χ2n) is 23.7. The number of carbonyl (C=O) groups is 1. The number of hydrogen-bond donors (Lipinski definition) is 10. The summed E-state index contributed by atoms with van der Waals surface area (Å²) in [6.45, 7) is 6.36. The molecule has 5 aromatic carbocycles. The number of H-pyrrole nitrogens is 7. The van der Waals surface area contributed by atoms with Gasteiger partial charge in [0.2, 0.25) is 17.6 Å². The van der Waals surface area contributed by atoms with Gasteiger partial charge >= 0.3 is 0 Å². The highest BCUT2D eigenvalue weighted by molar-refractivity contribution is 6.06. The molecule has 19 rings (SSSR count). The first kappa shape index (κ1) is 73.5. The molecule has 0 saturated carbocycles. The topological polar surface area (TPSA) is 479 Å². The summed E-state index contributed by atoms with van der Waals surface area (Å²) in [5, 5.41) is 5.99. The van der Waals surface area contributed by atoms with Crippen molar-refractivity contribution >= 4 is 107 Å². The van der Waals surface area contributed by atoms with E-state index in [1.807, 2.05) is 85.7 Å². The predicted octanol–water partition coefficient (Wildman–Crippen LogP) is 10.6. The van der Waals surface area contributed by atoms with Crippen molar-refractivity contribution < 1.29 is 19.0 Å². The maximum Gasteiger partial charge on any atom is 0.256 e. The lowest BCUT2D eigenvalue weighted by Gasteiger charge is -2.10. The van der Waals surface area contributed by atoms with Crippen LogP contribution in [-0.2, 0) is 32.8 Å². The fourth-order valence-electron chi connectivity index (χ4n) is 10.4. The minimum Gasteiger partial charge on any atom is -0.471 e. The molecule has 1 amide bonds. The standard InChI is InChI=1S/C14H14N4O.C13H12N4O.C12H9N5O.C12H11N5.C12H10N4O.C7H9N5.C5H5N5/c1-2-10-3-5-11(6-4-10)7-19-14-12-13(16-8-15-12)17-9-18-14;1-9-3-2-4-10(5-9)6-18-13-11-12(15-7-14-11)16-8-17-13;18-12(8-4-2-1-3-5-8)17-11-9-10(14-6-13-9)15-7-16-11;1-2-4-9(5-3-1)6-13-11-10-12(15-7-14-10)17-8-16-11;1-2-4-9(5-3-1)6-17-12-10-11(14-7-13-10)15-8-16-12;1-12(2)7-5-6(9-3-8-5)10-4-11-7;6-4-3-5(9-1-7-3)10-2-8-4/h3-6,8-9H,2,7H2,1H3,(H,15,16,17,18);2-5,7-8H,6H2,1H3,(H,14,15,16,17);1-7H,(H2,13,14,15,16,17,18);1-5,7-8H,6H2,(H2,13,14,15,16,17);1-5,7-8H,6H2,(H,13,14,15,16);3-4H,1-2H3,(H,8,9,10,11);1-2H,(H3,6,7,8,9,10). The van der Waals surface area contributed by atoms with Gasteiger partial charge in [-0.15, -0.1) is 0 Å². The van der Waals surface area contributed by atoms with Crippen LogP contribution in [0.4, 0.5) is 23.3 Å². The maximum absolute atomic E-state index is 12.0. The zero-order valence-corrected chi connectivity index (χ0v) is 59.9. The Labute approximate surface area is 629 Å². The third-order valence-corrected chi connectivity index (χ3v) is 15.9. The average Bonchev–Trinajstić information content (AvgIpc) is 1.76. The number of hydrogen-bond acceptors (Lipinski definition) is 28. The van der Waals surface area contributed by atoms with Crippen LogP contribution in [0.25, 0.3) is 78.1 Å². The van der Waals surface area contributed by atoms with Crippen molar-refractivity contribution in [2.75, 3.05) is 35.4 Å². The van der Waals surface area contributed by atoms with Gasteiger partial charge in [-0.25, -0.2) is 89.7 Å². The number of ether oxygens (including phenoxy) is 3. The molecule has 19 aromatic rings. The SMILES string of the molecule is CCc1ccc(COc2ncnc3nc[nH]c23)cc1.CN(C)c1ncnc2nc[nH]c12.Cc1cccc(COc2ncnc3nc[nH]c23)c1.Nc1ncnc2nc[nH]c12.O=C(Nc1ncnc2nc[nH]c12)c1ccccc1.c1ccc(CNc2ncnc3nc[nH]c23)cc1.c1ccc(COc2ncnc3nc[nH]c23)cc1. The Morgan fingerprint density at radius 1 is 0.369 bits per heavy atom. The number of nitrogen functional groups attached to an aromatic ring is 1. The lowest BCUT2D eigenvalue weighted by Crippen LogP contribution is -2.13. The third kappa shape index (κ3) is 19.6. The van der Waals surface area contributed by atoms with Gasteiger partial charge < -0.3 is 70.4 Å². The maximum atomic E-state index is 12.0. The molecule has 36 nitrogen and oxygen atoms in total. The predicted molar refractivity (Wildman–Crippen MR) is 415 cm³/mol. The van der Waals surface area contributed by atoms with Gasteiger partial charge in [-0.1, -0.05) is 140 Å². The molecule has 36 heteroatoms. The lowest BCUT2D eigenvalue weighted by atomic mass is 10.1. The number of aromatic amines is 7. The van der Waals surface area contributed by atoms with E-state index >= 15 is 0 Å². The molecule has 0 aliphatic heterocycles. The van der Waals surface area contributed by atoms with Gasteiger partial charge in [0.1, 0.15) is 103 Å². The van der Waals surface area contributed by atoms with Gasteiger partial charge in [-0.3, -0.25) is 4.79 Å². The number of fused-ring (bicyclic) bond motifs is 7. The van der Waals surface area contributed by atoms with Crippen LogP contribution in [0.5, 0.6) is 17.6 Å². The molecule has 111 heavy (non-hydrogen) atoms. The second-order valence-corrected chi connectivity index (χ2v) is 23.7. The number of rotatable bonds is 16. The number of anilines is 4.